The first-order valence-electron chi connectivity index (χ1n) is 26.5. The molecule has 7 aliphatic rings. The molecule has 29 nitrogen and oxygen atoms in total. The fourth-order valence-electron chi connectivity index (χ4n) is 13.8. The first-order valence-corrected chi connectivity index (χ1v) is 26.5. The molecule has 19 N–H and O–H groups in total. The van der Waals surface area contributed by atoms with E-state index in [4.69, 9.17) is 37.9 Å². The molecule has 0 aromatic rings. The maximum absolute atomic E-state index is 14.9. The summed E-state index contributed by atoms with van der Waals surface area (Å²) in [5.74, 6) is -6.66. The maximum Gasteiger partial charge on any atom is 0.314 e. The molecular weight excluding hydrogens is 1060 g/mol. The maximum atomic E-state index is 14.9. The van der Waals surface area contributed by atoms with Gasteiger partial charge in [0.25, 0.3) is 12.6 Å². The molecule has 0 radical (unpaired) electrons. The van der Waals surface area contributed by atoms with E-state index in [1.54, 1.807) is 6.92 Å². The van der Waals surface area contributed by atoms with Crippen LogP contribution in [0.5, 0.6) is 0 Å². The second kappa shape index (κ2) is 25.4. The van der Waals surface area contributed by atoms with Gasteiger partial charge in [-0.1, -0.05) is 19.9 Å². The molecule has 21 unspecified atom stereocenters. The van der Waals surface area contributed by atoms with Gasteiger partial charge in [-0.05, 0) is 86.5 Å². The van der Waals surface area contributed by atoms with Crippen LogP contribution in [0.15, 0.2) is 35.2 Å². The molecule has 0 aromatic heterocycles. The molecule has 3 heterocycles. The Morgan fingerprint density at radius 3 is 1.78 bits per heavy atom. The molecule has 7 rings (SSSR count). The van der Waals surface area contributed by atoms with Crippen molar-refractivity contribution in [3.63, 3.8) is 0 Å². The number of esters is 1. The van der Waals surface area contributed by atoms with Crippen LogP contribution >= 0.6 is 0 Å². The summed E-state index contributed by atoms with van der Waals surface area (Å²) in [7, 11) is 0. The summed E-state index contributed by atoms with van der Waals surface area (Å²) < 4.78 is 46.8. The van der Waals surface area contributed by atoms with Crippen molar-refractivity contribution in [3.8, 4) is 0 Å². The molecule has 25 atom stereocenters. The molecule has 1 spiro atoms. The van der Waals surface area contributed by atoms with Crippen molar-refractivity contribution in [2.24, 2.45) is 28.1 Å². The standard InChI is InChI=1S/C50H80O29/c1-20-15-49-11-5-26-47(2,27(49)6-12-50(20,19-49)78-45-40(38(79-70)31(61)25(18-55)73-45)76-44-36(66)33(63)30(60)24(17-54)72-44)9-4-10-48(26,3)46(69)77-42(68)39(75-43-35(65)32(62)29(59)23(16-53)71-43)37(22(57)8-14-52)74-41(67)34(64)28(58)21(56)7-13-51/h21-27,29-33,35-36,38,40-45,51-68,70H,1,4-19H2,2-3H3/b34-28-,39-37+/t21?,22?,23?,24?,25?,26?,27-,29?,30?,31?,32?,33?,35?,36?,38?,40?,41?,42?,43?,44?,45?,47+,48+,49?,50-/m0/s1. The number of fused-ring (bicyclic) bond motifs is 3. The topological polar surface area (TPSA) is 485 Å². The average molecular weight is 1150 g/mol. The van der Waals surface area contributed by atoms with Gasteiger partial charge in [0.2, 0.25) is 17.8 Å². The normalized spacial score (nSPS) is 44.5. The minimum Gasteiger partial charge on any atom is -0.506 e. The Morgan fingerprint density at radius 2 is 1.19 bits per heavy atom. The molecule has 4 aliphatic carbocycles. The quantitative estimate of drug-likeness (QED) is 0.00921. The molecule has 3 aliphatic heterocycles. The largest absolute Gasteiger partial charge is 0.506 e. The fraction of sp³-hybridized carbons (Fsp3) is 0.860. The highest BCUT2D eigenvalue weighted by molar-refractivity contribution is 5.77. The van der Waals surface area contributed by atoms with Gasteiger partial charge in [-0.3, -0.25) is 10.1 Å². The van der Waals surface area contributed by atoms with Gasteiger partial charge in [-0.25, -0.2) is 4.89 Å². The number of hydrogen-bond donors (Lipinski definition) is 19. The number of aliphatic hydroxyl groups excluding tert-OH is 18. The fourth-order valence-corrected chi connectivity index (χ4v) is 13.8. The highest BCUT2D eigenvalue weighted by Gasteiger charge is 2.69. The molecule has 2 bridgehead atoms. The number of rotatable bonds is 22. The number of hydrogen-bond acceptors (Lipinski definition) is 29. The first-order chi connectivity index (χ1) is 37.3. The number of carbonyl (C=O) groups is 1. The van der Waals surface area contributed by atoms with Gasteiger partial charge >= 0.3 is 5.97 Å². The van der Waals surface area contributed by atoms with Gasteiger partial charge in [0.15, 0.2) is 30.2 Å². The van der Waals surface area contributed by atoms with Crippen molar-refractivity contribution in [2.75, 3.05) is 33.0 Å². The Balaban J connectivity index is 1.16. The predicted molar refractivity (Wildman–Crippen MR) is 257 cm³/mol. The third kappa shape index (κ3) is 11.9. The lowest BCUT2D eigenvalue weighted by atomic mass is 9.41. The van der Waals surface area contributed by atoms with Crippen molar-refractivity contribution < 1.29 is 145 Å². The van der Waals surface area contributed by atoms with Crippen molar-refractivity contribution in [1.29, 1.82) is 0 Å². The molecule has 7 fully saturated rings. The van der Waals surface area contributed by atoms with E-state index in [1.807, 2.05) is 0 Å². The lowest BCUT2D eigenvalue weighted by molar-refractivity contribution is -0.415. The van der Waals surface area contributed by atoms with Crippen LogP contribution in [-0.2, 0) is 47.6 Å². The van der Waals surface area contributed by atoms with Crippen molar-refractivity contribution in [1.82, 2.24) is 0 Å². The van der Waals surface area contributed by atoms with E-state index in [0.717, 1.165) is 0 Å². The SMILES string of the molecule is C=C1CC23CCC4[C@](C)(C(=O)OC(O)/C(OC5OC(CO)C(O)C(O)C5O)=C(\OC(O)/C(O)=C(/O)C(O)CCO)C(O)CCO)CCC[C@@]4(C)[C@@H]2CC[C@]1(OC1OC(CO)C(O)C(OO)C1OC1OC(CO)C(O)C(O)C1O)C3. The van der Waals surface area contributed by atoms with Crippen LogP contribution in [0.3, 0.4) is 0 Å². The van der Waals surface area contributed by atoms with E-state index >= 15 is 0 Å². The Kier molecular flexibility index (Phi) is 20.5. The Bertz CT molecular complexity index is 2150. The van der Waals surface area contributed by atoms with E-state index < -0.39 is 220 Å². The first kappa shape index (κ1) is 63.5. The molecule has 79 heavy (non-hydrogen) atoms. The Morgan fingerprint density at radius 1 is 0.633 bits per heavy atom. The van der Waals surface area contributed by atoms with Crippen molar-refractivity contribution >= 4 is 5.97 Å². The van der Waals surface area contributed by atoms with E-state index in [0.29, 0.717) is 56.9 Å². The van der Waals surface area contributed by atoms with Crippen LogP contribution in [0.4, 0.5) is 0 Å². The van der Waals surface area contributed by atoms with Crippen molar-refractivity contribution in [2.45, 2.75) is 207 Å². The molecule has 4 saturated carbocycles. The molecule has 29 heteroatoms. The summed E-state index contributed by atoms with van der Waals surface area (Å²) in [4.78, 5) is 19.6. The monoisotopic (exact) mass is 1140 g/mol. The van der Waals surface area contributed by atoms with Gasteiger partial charge < -0.3 is 130 Å². The summed E-state index contributed by atoms with van der Waals surface area (Å²) in [6, 6.07) is 0. The minimum atomic E-state index is -2.73. The zero-order valence-electron chi connectivity index (χ0n) is 43.7. The summed E-state index contributed by atoms with van der Waals surface area (Å²) in [5, 5.41) is 199. The van der Waals surface area contributed by atoms with Gasteiger partial charge in [0.1, 0.15) is 79.4 Å². The average Bonchev–Trinajstić information content (AvgIpc) is 3.04. The minimum absolute atomic E-state index is 0.130. The molecular formula is C50H80O29. The van der Waals surface area contributed by atoms with Gasteiger partial charge in [-0.2, -0.15) is 0 Å². The van der Waals surface area contributed by atoms with Crippen LogP contribution in [0.1, 0.15) is 84.5 Å². The third-order valence-electron chi connectivity index (χ3n) is 17.9. The van der Waals surface area contributed by atoms with Crippen LogP contribution in [0.2, 0.25) is 0 Å². The second-order valence-electron chi connectivity index (χ2n) is 22.6. The third-order valence-corrected chi connectivity index (χ3v) is 17.9. The van der Waals surface area contributed by atoms with Crippen molar-refractivity contribution in [3.05, 3.63) is 35.2 Å². The highest BCUT2D eigenvalue weighted by Crippen LogP contribution is 2.74. The van der Waals surface area contributed by atoms with Gasteiger partial charge in [0, 0.05) is 26.1 Å². The zero-order chi connectivity index (χ0) is 58.3. The Labute approximate surface area is 453 Å². The zero-order valence-corrected chi connectivity index (χ0v) is 43.7. The molecule has 454 valence electrons. The van der Waals surface area contributed by atoms with Crippen LogP contribution in [0.25, 0.3) is 0 Å². The van der Waals surface area contributed by atoms with E-state index in [1.165, 1.54) is 0 Å². The second-order valence-corrected chi connectivity index (χ2v) is 22.6. The van der Waals surface area contributed by atoms with E-state index in [9.17, 15) is 102 Å². The summed E-state index contributed by atoms with van der Waals surface area (Å²) in [5.41, 5.74) is -3.10. The van der Waals surface area contributed by atoms with Crippen LogP contribution in [-0.4, -0.2) is 259 Å². The van der Waals surface area contributed by atoms with Crippen LogP contribution in [0, 0.1) is 28.1 Å². The summed E-state index contributed by atoms with van der Waals surface area (Å²) in [6.07, 6.45) is -33.8. The highest BCUT2D eigenvalue weighted by atomic mass is 17.1. The number of aliphatic hydroxyl groups is 18. The summed E-state index contributed by atoms with van der Waals surface area (Å²) >= 11 is 0. The lowest BCUT2D eigenvalue weighted by Crippen LogP contribution is -2.66. The number of ether oxygens (including phenoxy) is 8. The summed E-state index contributed by atoms with van der Waals surface area (Å²) in [6.45, 7) is 4.13. The molecule has 0 amide bonds. The predicted octanol–water partition coefficient (Wildman–Crippen LogP) is -4.74. The smallest absolute Gasteiger partial charge is 0.314 e. The van der Waals surface area contributed by atoms with Crippen LogP contribution < -0.4 is 0 Å². The lowest BCUT2D eigenvalue weighted by Gasteiger charge is -2.64. The van der Waals surface area contributed by atoms with E-state index in [-0.39, 0.29) is 12.3 Å². The van der Waals surface area contributed by atoms with Gasteiger partial charge in [-0.15, -0.1) is 0 Å². The number of carbonyl (C=O) groups excluding carboxylic acids is 1. The molecule has 3 saturated heterocycles. The molecule has 0 aromatic carbocycles. The Hall–Kier alpha value is -3.03. The van der Waals surface area contributed by atoms with Gasteiger partial charge in [0.05, 0.1) is 30.8 Å². The van der Waals surface area contributed by atoms with E-state index in [2.05, 4.69) is 18.4 Å².